The molecule has 0 atom stereocenters. The highest BCUT2D eigenvalue weighted by molar-refractivity contribution is 6.05. The molecule has 0 unspecified atom stereocenters. The summed E-state index contributed by atoms with van der Waals surface area (Å²) in [4.78, 5) is 24.8. The van der Waals surface area contributed by atoms with Gasteiger partial charge in [-0.05, 0) is 12.1 Å². The van der Waals surface area contributed by atoms with Crippen LogP contribution in [0.25, 0.3) is 11.3 Å². The number of carbonyl (C=O) groups is 1. The zero-order chi connectivity index (χ0) is 18.6. The second-order valence-corrected chi connectivity index (χ2v) is 5.60. The zero-order valence-electron chi connectivity index (χ0n) is 14.0. The fraction of sp³-hybridized carbons (Fsp3) is 0.118. The standard InChI is InChI=1S/C17H15N7O3/c18-16-15(17(25)22-12-1-3-19-4-2-12)23-13(8-20-16)11-7-21-24(9-11)10-14-26-5-6-27-14/h1-9,14H,10H2,(H2,18,20)(H,19,22,25). The molecular weight excluding hydrogens is 350 g/mol. The first-order valence-electron chi connectivity index (χ1n) is 8.02. The Morgan fingerprint density at radius 2 is 2.00 bits per heavy atom. The second kappa shape index (κ2) is 7.12. The fourth-order valence-corrected chi connectivity index (χ4v) is 2.44. The van der Waals surface area contributed by atoms with Crippen LogP contribution in [0, 0.1) is 0 Å². The van der Waals surface area contributed by atoms with E-state index in [0.29, 0.717) is 23.5 Å². The molecule has 27 heavy (non-hydrogen) atoms. The second-order valence-electron chi connectivity index (χ2n) is 5.60. The Hall–Kier alpha value is -3.95. The molecule has 0 saturated heterocycles. The highest BCUT2D eigenvalue weighted by atomic mass is 16.7. The minimum atomic E-state index is -0.459. The first kappa shape index (κ1) is 16.5. The van der Waals surface area contributed by atoms with Gasteiger partial charge in [-0.15, -0.1) is 0 Å². The van der Waals surface area contributed by atoms with Gasteiger partial charge in [0.2, 0.25) is 0 Å². The lowest BCUT2D eigenvalue weighted by Gasteiger charge is -2.09. The van der Waals surface area contributed by atoms with Crippen molar-refractivity contribution < 1.29 is 14.3 Å². The van der Waals surface area contributed by atoms with Crippen molar-refractivity contribution in [2.75, 3.05) is 11.1 Å². The van der Waals surface area contributed by atoms with Crippen molar-refractivity contribution in [3.05, 3.63) is 61.3 Å². The van der Waals surface area contributed by atoms with Crippen molar-refractivity contribution in [3.8, 4) is 11.3 Å². The number of hydrogen-bond donors (Lipinski definition) is 2. The molecule has 10 nitrogen and oxygen atoms in total. The quantitative estimate of drug-likeness (QED) is 0.694. The molecule has 3 aromatic rings. The molecule has 0 saturated carbocycles. The average molecular weight is 365 g/mol. The summed E-state index contributed by atoms with van der Waals surface area (Å²) < 4.78 is 12.1. The third-order valence-corrected chi connectivity index (χ3v) is 3.74. The molecule has 0 aromatic carbocycles. The zero-order valence-corrected chi connectivity index (χ0v) is 14.0. The maximum atomic E-state index is 12.5. The number of ether oxygens (including phenoxy) is 2. The predicted octanol–water partition coefficient (Wildman–Crippen LogP) is 1.41. The first-order chi connectivity index (χ1) is 13.2. The number of hydrogen-bond acceptors (Lipinski definition) is 8. The van der Waals surface area contributed by atoms with Gasteiger partial charge >= 0.3 is 0 Å². The SMILES string of the molecule is Nc1ncc(-c2cnn(CC3OC=CO3)c2)nc1C(=O)Nc1ccncc1. The lowest BCUT2D eigenvalue weighted by atomic mass is 10.2. The van der Waals surface area contributed by atoms with Gasteiger partial charge in [-0.25, -0.2) is 9.97 Å². The molecule has 0 fully saturated rings. The summed E-state index contributed by atoms with van der Waals surface area (Å²) >= 11 is 0. The number of nitrogens with zero attached hydrogens (tertiary/aromatic N) is 5. The van der Waals surface area contributed by atoms with E-state index in [2.05, 4.69) is 25.4 Å². The minimum absolute atomic E-state index is 0.0312. The van der Waals surface area contributed by atoms with Crippen molar-refractivity contribution >= 4 is 17.4 Å². The molecule has 0 aliphatic carbocycles. The van der Waals surface area contributed by atoms with Crippen molar-refractivity contribution in [1.29, 1.82) is 0 Å². The molecule has 4 rings (SSSR count). The average Bonchev–Trinajstić information content (AvgIpc) is 3.35. The van der Waals surface area contributed by atoms with E-state index in [9.17, 15) is 4.79 Å². The lowest BCUT2D eigenvalue weighted by Crippen LogP contribution is -2.17. The molecule has 136 valence electrons. The van der Waals surface area contributed by atoms with E-state index in [4.69, 9.17) is 15.2 Å². The van der Waals surface area contributed by atoms with Crippen LogP contribution in [-0.2, 0) is 16.0 Å². The van der Waals surface area contributed by atoms with Crippen LogP contribution in [0.3, 0.4) is 0 Å². The molecule has 4 heterocycles. The number of aromatic nitrogens is 5. The first-order valence-corrected chi connectivity index (χ1v) is 8.02. The molecule has 0 bridgehead atoms. The molecule has 3 N–H and O–H groups in total. The van der Waals surface area contributed by atoms with Crippen LogP contribution in [0.2, 0.25) is 0 Å². The summed E-state index contributed by atoms with van der Waals surface area (Å²) in [7, 11) is 0. The number of anilines is 2. The number of nitrogens with one attached hydrogen (secondary N) is 1. The monoisotopic (exact) mass is 365 g/mol. The number of nitrogens with two attached hydrogens (primary N) is 1. The molecule has 1 amide bonds. The van der Waals surface area contributed by atoms with Crippen LogP contribution in [0.4, 0.5) is 11.5 Å². The van der Waals surface area contributed by atoms with Gasteiger partial charge in [0, 0.05) is 29.8 Å². The third kappa shape index (κ3) is 3.68. The topological polar surface area (TPSA) is 130 Å². The maximum Gasteiger partial charge on any atom is 0.278 e. The van der Waals surface area contributed by atoms with E-state index in [1.54, 1.807) is 41.6 Å². The van der Waals surface area contributed by atoms with Gasteiger partial charge < -0.3 is 20.5 Å². The van der Waals surface area contributed by atoms with Gasteiger partial charge in [0.05, 0.1) is 18.1 Å². The summed E-state index contributed by atoms with van der Waals surface area (Å²) in [6, 6.07) is 3.33. The summed E-state index contributed by atoms with van der Waals surface area (Å²) in [5, 5.41) is 6.95. The van der Waals surface area contributed by atoms with Gasteiger partial charge in [0.1, 0.15) is 19.1 Å². The Morgan fingerprint density at radius 1 is 1.22 bits per heavy atom. The van der Waals surface area contributed by atoms with E-state index >= 15 is 0 Å². The van der Waals surface area contributed by atoms with E-state index in [1.165, 1.54) is 18.7 Å². The van der Waals surface area contributed by atoms with Crippen LogP contribution in [0.1, 0.15) is 10.5 Å². The molecule has 10 heteroatoms. The highest BCUT2D eigenvalue weighted by Crippen LogP contribution is 2.19. The lowest BCUT2D eigenvalue weighted by molar-refractivity contribution is -0.0364. The Labute approximate surface area is 153 Å². The molecular formula is C17H15N7O3. The summed E-state index contributed by atoms with van der Waals surface area (Å²) in [6.45, 7) is 0.408. The van der Waals surface area contributed by atoms with Crippen molar-refractivity contribution in [3.63, 3.8) is 0 Å². The highest BCUT2D eigenvalue weighted by Gasteiger charge is 2.17. The summed E-state index contributed by atoms with van der Waals surface area (Å²) in [5.41, 5.74) is 7.60. The number of rotatable bonds is 5. The van der Waals surface area contributed by atoms with E-state index in [0.717, 1.165) is 0 Å². The smallest absolute Gasteiger partial charge is 0.278 e. The van der Waals surface area contributed by atoms with E-state index < -0.39 is 12.2 Å². The molecule has 0 spiro atoms. The number of carbonyl (C=O) groups excluding carboxylic acids is 1. The van der Waals surface area contributed by atoms with Gasteiger partial charge in [-0.2, -0.15) is 5.10 Å². The Bertz CT molecular complexity index is 979. The molecule has 3 aromatic heterocycles. The van der Waals surface area contributed by atoms with Crippen LogP contribution in [-0.4, -0.2) is 36.9 Å². The van der Waals surface area contributed by atoms with Crippen LogP contribution in [0.15, 0.2) is 55.6 Å². The number of pyridine rings is 1. The Morgan fingerprint density at radius 3 is 2.78 bits per heavy atom. The number of nitrogen functional groups attached to an aromatic ring is 1. The number of amides is 1. The summed E-state index contributed by atoms with van der Waals surface area (Å²) in [5.74, 6) is -0.421. The van der Waals surface area contributed by atoms with Crippen LogP contribution >= 0.6 is 0 Å². The predicted molar refractivity (Wildman–Crippen MR) is 95.0 cm³/mol. The maximum absolute atomic E-state index is 12.5. The van der Waals surface area contributed by atoms with Gasteiger partial charge in [-0.1, -0.05) is 0 Å². The molecule has 0 radical (unpaired) electrons. The van der Waals surface area contributed by atoms with Gasteiger partial charge in [0.15, 0.2) is 11.5 Å². The van der Waals surface area contributed by atoms with Gasteiger partial charge in [0.25, 0.3) is 12.2 Å². The molecule has 1 aliphatic rings. The Kier molecular flexibility index (Phi) is 4.35. The third-order valence-electron chi connectivity index (χ3n) is 3.74. The normalized spacial score (nSPS) is 13.2. The van der Waals surface area contributed by atoms with Crippen molar-refractivity contribution in [2.24, 2.45) is 0 Å². The molecule has 1 aliphatic heterocycles. The summed E-state index contributed by atoms with van der Waals surface area (Å²) in [6.07, 6.45) is 10.6. The van der Waals surface area contributed by atoms with Crippen molar-refractivity contribution in [2.45, 2.75) is 12.8 Å². The largest absolute Gasteiger partial charge is 0.457 e. The fourth-order valence-electron chi connectivity index (χ4n) is 2.44. The minimum Gasteiger partial charge on any atom is -0.457 e. The van der Waals surface area contributed by atoms with Gasteiger partial charge in [-0.3, -0.25) is 14.5 Å². The van der Waals surface area contributed by atoms with Crippen LogP contribution < -0.4 is 11.1 Å². The van der Waals surface area contributed by atoms with E-state index in [-0.39, 0.29) is 11.5 Å². The van der Waals surface area contributed by atoms with E-state index in [1.807, 2.05) is 0 Å². The Balaban J connectivity index is 1.53. The van der Waals surface area contributed by atoms with Crippen molar-refractivity contribution in [1.82, 2.24) is 24.7 Å². The van der Waals surface area contributed by atoms with Crippen LogP contribution in [0.5, 0.6) is 0 Å².